The second-order valence-electron chi connectivity index (χ2n) is 2.56. The van der Waals surface area contributed by atoms with Crippen molar-refractivity contribution in [3.05, 3.63) is 20.9 Å². The summed E-state index contributed by atoms with van der Waals surface area (Å²) in [6.07, 6.45) is -1.13. The smallest absolute Gasteiger partial charge is 0.284 e. The molecular weight excluding hydrogens is 280 g/mol. The number of hydrogen-bond donors (Lipinski definition) is 2. The molecule has 0 aliphatic heterocycles. The van der Waals surface area contributed by atoms with Crippen molar-refractivity contribution >= 4 is 20.2 Å². The van der Waals surface area contributed by atoms with Crippen LogP contribution < -0.4 is 0 Å². The van der Waals surface area contributed by atoms with Crippen LogP contribution in [-0.4, -0.2) is 36.7 Å². The SMILES string of the molecule is [N-]=[N+]=NCCC(N=[N+]=[N-])(S(=O)(=O)O)S(=O)(=O)O. The van der Waals surface area contributed by atoms with Crippen LogP contribution in [0.25, 0.3) is 20.9 Å². The minimum Gasteiger partial charge on any atom is -0.284 e. The zero-order chi connectivity index (χ0) is 13.7. The van der Waals surface area contributed by atoms with Crippen LogP contribution in [0, 0.1) is 0 Å². The van der Waals surface area contributed by atoms with E-state index in [-0.39, 0.29) is 0 Å². The van der Waals surface area contributed by atoms with Crippen molar-refractivity contribution in [2.24, 2.45) is 10.2 Å². The van der Waals surface area contributed by atoms with Crippen molar-refractivity contribution in [1.29, 1.82) is 0 Å². The molecule has 0 fully saturated rings. The van der Waals surface area contributed by atoms with Gasteiger partial charge in [0, 0.05) is 16.4 Å². The topological polar surface area (TPSA) is 206 Å². The van der Waals surface area contributed by atoms with Crippen molar-refractivity contribution in [2.45, 2.75) is 10.6 Å². The lowest BCUT2D eigenvalue weighted by Crippen LogP contribution is -2.44. The number of azide groups is 2. The predicted octanol–water partition coefficient (Wildman–Crippen LogP) is 0.427. The van der Waals surface area contributed by atoms with Gasteiger partial charge in [-0.05, 0) is 22.6 Å². The molecule has 0 spiro atoms. The highest BCUT2D eigenvalue weighted by Crippen LogP contribution is 2.29. The van der Waals surface area contributed by atoms with Gasteiger partial charge in [0.25, 0.3) is 24.4 Å². The van der Waals surface area contributed by atoms with Crippen LogP contribution in [0.15, 0.2) is 10.2 Å². The van der Waals surface area contributed by atoms with Crippen molar-refractivity contribution in [1.82, 2.24) is 0 Å². The quantitative estimate of drug-likeness (QED) is 0.305. The minimum absolute atomic E-state index is 0.741. The molecule has 96 valence electrons. The molecule has 12 nitrogen and oxygen atoms in total. The van der Waals surface area contributed by atoms with Gasteiger partial charge in [0.2, 0.25) is 0 Å². The average molecular weight is 286 g/mol. The zero-order valence-corrected chi connectivity index (χ0v) is 9.57. The highest BCUT2D eigenvalue weighted by atomic mass is 32.3. The van der Waals surface area contributed by atoms with E-state index in [1.54, 1.807) is 0 Å². The Labute approximate surface area is 95.0 Å². The van der Waals surface area contributed by atoms with Crippen LogP contribution >= 0.6 is 0 Å². The highest BCUT2D eigenvalue weighted by molar-refractivity contribution is 8.05. The standard InChI is InChI=1S/C3H6N6O6S2/c4-8-6-2-1-3(7-9-5,16(10,11)12)17(13,14)15/h1-2H2,(H,10,11,12)(H,13,14,15). The maximum Gasteiger partial charge on any atom is 0.299 e. The lowest BCUT2D eigenvalue weighted by Gasteiger charge is -2.20. The van der Waals surface area contributed by atoms with E-state index in [4.69, 9.17) is 20.2 Å². The first-order valence-corrected chi connectivity index (χ1v) is 6.51. The molecule has 0 heterocycles. The molecule has 0 amide bonds. The fourth-order valence-electron chi connectivity index (χ4n) is 0.848. The third-order valence-electron chi connectivity index (χ3n) is 1.59. The van der Waals surface area contributed by atoms with Gasteiger partial charge < -0.3 is 0 Å². The first-order chi connectivity index (χ1) is 7.62. The van der Waals surface area contributed by atoms with Gasteiger partial charge in [0.15, 0.2) is 0 Å². The largest absolute Gasteiger partial charge is 0.299 e. The predicted molar refractivity (Wildman–Crippen MR) is 53.6 cm³/mol. The van der Waals surface area contributed by atoms with Crippen LogP contribution in [0.3, 0.4) is 0 Å². The molecule has 0 aliphatic rings. The lowest BCUT2D eigenvalue weighted by molar-refractivity contribution is 0.416. The Hall–Kier alpha value is -1.56. The Morgan fingerprint density at radius 3 is 1.82 bits per heavy atom. The Kier molecular flexibility index (Phi) is 4.70. The molecule has 0 aliphatic carbocycles. The summed E-state index contributed by atoms with van der Waals surface area (Å²) in [5.74, 6) is 0. The van der Waals surface area contributed by atoms with Crippen molar-refractivity contribution < 1.29 is 25.9 Å². The molecule has 14 heteroatoms. The fourth-order valence-corrected chi connectivity index (χ4v) is 2.89. The summed E-state index contributed by atoms with van der Waals surface area (Å²) in [7, 11) is -10.9. The van der Waals surface area contributed by atoms with E-state index in [0.29, 0.717) is 0 Å². The van der Waals surface area contributed by atoms with Gasteiger partial charge in [-0.2, -0.15) is 16.8 Å². The van der Waals surface area contributed by atoms with E-state index in [2.05, 4.69) is 15.1 Å². The molecular formula is C3H6N6O6S2. The Bertz CT molecular complexity index is 547. The summed E-state index contributed by atoms with van der Waals surface area (Å²) in [4.78, 5) is 4.13. The van der Waals surface area contributed by atoms with E-state index in [9.17, 15) is 16.8 Å². The third-order valence-corrected chi connectivity index (χ3v) is 5.04. The second-order valence-corrected chi connectivity index (χ2v) is 6.07. The van der Waals surface area contributed by atoms with Gasteiger partial charge in [-0.15, -0.1) is 0 Å². The summed E-state index contributed by atoms with van der Waals surface area (Å²) in [5.41, 5.74) is 16.0. The minimum atomic E-state index is -5.47. The monoisotopic (exact) mass is 286 g/mol. The van der Waals surface area contributed by atoms with Gasteiger partial charge in [0.1, 0.15) is 0 Å². The fraction of sp³-hybridized carbons (Fsp3) is 1.00. The van der Waals surface area contributed by atoms with Gasteiger partial charge in [-0.25, -0.2) is 0 Å². The Morgan fingerprint density at radius 1 is 1.06 bits per heavy atom. The first-order valence-electron chi connectivity index (χ1n) is 3.63. The molecule has 0 radical (unpaired) electrons. The van der Waals surface area contributed by atoms with E-state index in [1.807, 2.05) is 4.91 Å². The summed E-state index contributed by atoms with van der Waals surface area (Å²) >= 11 is 0. The van der Waals surface area contributed by atoms with Crippen molar-refractivity contribution in [3.8, 4) is 0 Å². The van der Waals surface area contributed by atoms with Gasteiger partial charge in [-0.3, -0.25) is 9.11 Å². The zero-order valence-electron chi connectivity index (χ0n) is 7.94. The summed E-state index contributed by atoms with van der Waals surface area (Å²) in [6, 6.07) is 0. The number of nitrogens with zero attached hydrogens (tertiary/aromatic N) is 6. The highest BCUT2D eigenvalue weighted by Gasteiger charge is 2.54. The summed E-state index contributed by atoms with van der Waals surface area (Å²) < 4.78 is 57.5. The normalized spacial score (nSPS) is 12.4. The molecule has 0 atom stereocenters. The van der Waals surface area contributed by atoms with E-state index >= 15 is 0 Å². The van der Waals surface area contributed by atoms with E-state index in [1.165, 1.54) is 0 Å². The molecule has 17 heavy (non-hydrogen) atoms. The van der Waals surface area contributed by atoms with Crippen LogP contribution in [0.5, 0.6) is 0 Å². The molecule has 0 aromatic rings. The van der Waals surface area contributed by atoms with E-state index < -0.39 is 37.4 Å². The molecule has 0 aromatic carbocycles. The van der Waals surface area contributed by atoms with Gasteiger partial charge in [0.05, 0.1) is 0 Å². The van der Waals surface area contributed by atoms with Crippen LogP contribution in [0.4, 0.5) is 0 Å². The third kappa shape index (κ3) is 3.20. The lowest BCUT2D eigenvalue weighted by atomic mass is 10.4. The van der Waals surface area contributed by atoms with Crippen LogP contribution in [-0.2, 0) is 20.2 Å². The summed E-state index contributed by atoms with van der Waals surface area (Å²) in [6.45, 7) is -0.741. The molecule has 2 N–H and O–H groups in total. The average Bonchev–Trinajstić information content (AvgIpc) is 2.13. The van der Waals surface area contributed by atoms with Crippen molar-refractivity contribution in [3.63, 3.8) is 0 Å². The van der Waals surface area contributed by atoms with Gasteiger partial charge >= 0.3 is 0 Å². The number of rotatable bonds is 6. The Balaban J connectivity index is 5.95. The summed E-state index contributed by atoms with van der Waals surface area (Å²) in [5, 5.41) is 5.20. The molecule has 0 saturated heterocycles. The number of hydrogen-bond acceptors (Lipinski definition) is 6. The molecule has 0 saturated carbocycles. The second kappa shape index (κ2) is 5.18. The van der Waals surface area contributed by atoms with Gasteiger partial charge in [-0.1, -0.05) is 5.11 Å². The molecule has 0 unspecified atom stereocenters. The van der Waals surface area contributed by atoms with E-state index in [0.717, 1.165) is 0 Å². The molecule has 0 bridgehead atoms. The first kappa shape index (κ1) is 15.4. The molecule has 0 aromatic heterocycles. The van der Waals surface area contributed by atoms with Crippen LogP contribution in [0.2, 0.25) is 0 Å². The molecule has 0 rings (SSSR count). The van der Waals surface area contributed by atoms with Crippen LogP contribution in [0.1, 0.15) is 6.42 Å². The Morgan fingerprint density at radius 2 is 1.53 bits per heavy atom. The van der Waals surface area contributed by atoms with Crippen molar-refractivity contribution in [2.75, 3.05) is 6.54 Å². The maximum absolute atomic E-state index is 10.9. The maximum atomic E-state index is 10.9.